The molecule has 222 valence electrons. The molecule has 4 aliphatic rings. The molecule has 0 spiro atoms. The van der Waals surface area contributed by atoms with Crippen LogP contribution in [0.3, 0.4) is 0 Å². The number of aromatic nitrogens is 2. The molecule has 4 fully saturated rings. The molecule has 1 heterocycles. The minimum atomic E-state index is -4.18. The molecular formula is C33H32FN3O5S. The van der Waals surface area contributed by atoms with Gasteiger partial charge in [-0.2, -0.15) is 5.10 Å². The summed E-state index contributed by atoms with van der Waals surface area (Å²) in [6.45, 7) is 0. The van der Waals surface area contributed by atoms with E-state index in [0.29, 0.717) is 11.1 Å². The molecule has 1 aromatic heterocycles. The van der Waals surface area contributed by atoms with Gasteiger partial charge in [0.1, 0.15) is 16.5 Å². The Morgan fingerprint density at radius 1 is 0.977 bits per heavy atom. The third-order valence-corrected chi connectivity index (χ3v) is 11.0. The van der Waals surface area contributed by atoms with Crippen LogP contribution < -0.4 is 9.46 Å². The van der Waals surface area contributed by atoms with Crippen molar-refractivity contribution in [3.63, 3.8) is 0 Å². The molecule has 2 N–H and O–H groups in total. The average Bonchev–Trinajstić information content (AvgIpc) is 3.48. The van der Waals surface area contributed by atoms with Gasteiger partial charge in [-0.05, 0) is 96.6 Å². The minimum absolute atomic E-state index is 0.128. The summed E-state index contributed by atoms with van der Waals surface area (Å²) in [6, 6.07) is 18.5. The van der Waals surface area contributed by atoms with Crippen molar-refractivity contribution in [2.75, 3.05) is 11.8 Å². The van der Waals surface area contributed by atoms with Crippen molar-refractivity contribution in [1.29, 1.82) is 0 Å². The minimum Gasteiger partial charge on any atom is -0.495 e. The second-order valence-corrected chi connectivity index (χ2v) is 14.1. The molecule has 4 saturated carbocycles. The Balaban J connectivity index is 1.07. The number of nitrogens with one attached hydrogen (secondary N) is 1. The number of ether oxygens (including phenoxy) is 1. The van der Waals surface area contributed by atoms with Gasteiger partial charge in [-0.1, -0.05) is 36.4 Å². The summed E-state index contributed by atoms with van der Waals surface area (Å²) in [5.74, 6) is 0.00209. The van der Waals surface area contributed by atoms with Gasteiger partial charge in [-0.25, -0.2) is 22.3 Å². The van der Waals surface area contributed by atoms with Crippen molar-refractivity contribution in [3.05, 3.63) is 90.0 Å². The fourth-order valence-electron chi connectivity index (χ4n) is 8.04. The topological polar surface area (TPSA) is 111 Å². The molecule has 10 heteroatoms. The average molecular weight is 602 g/mol. The molecule has 4 aromatic rings. The lowest BCUT2D eigenvalue weighted by Crippen LogP contribution is -2.48. The molecule has 3 aromatic carbocycles. The smallest absolute Gasteiger partial charge is 0.338 e. The van der Waals surface area contributed by atoms with E-state index in [1.807, 2.05) is 24.3 Å². The van der Waals surface area contributed by atoms with Crippen LogP contribution in [0.4, 0.5) is 10.1 Å². The molecule has 0 amide bonds. The molecule has 4 bridgehead atoms. The zero-order chi connectivity index (χ0) is 29.9. The van der Waals surface area contributed by atoms with Gasteiger partial charge in [-0.15, -0.1) is 0 Å². The number of anilines is 1. The summed E-state index contributed by atoms with van der Waals surface area (Å²) in [6.07, 6.45) is 10.9. The van der Waals surface area contributed by atoms with Gasteiger partial charge in [0.2, 0.25) is 0 Å². The molecule has 0 unspecified atom stereocenters. The van der Waals surface area contributed by atoms with Gasteiger partial charge < -0.3 is 9.84 Å². The van der Waals surface area contributed by atoms with Gasteiger partial charge in [-0.3, -0.25) is 4.72 Å². The lowest BCUT2D eigenvalue weighted by atomic mass is 9.48. The Kier molecular flexibility index (Phi) is 6.57. The predicted octanol–water partition coefficient (Wildman–Crippen LogP) is 6.65. The fraction of sp³-hybridized carbons (Fsp3) is 0.333. The zero-order valence-corrected chi connectivity index (χ0v) is 24.5. The van der Waals surface area contributed by atoms with Crippen LogP contribution >= 0.6 is 0 Å². The number of carboxylic acids is 1. The monoisotopic (exact) mass is 601 g/mol. The third-order valence-electron chi connectivity index (χ3n) is 9.63. The summed E-state index contributed by atoms with van der Waals surface area (Å²) in [7, 11) is -2.95. The SMILES string of the molecule is COc1cc(C(=O)O)c(F)cc1NS(=O)(=O)c1cnn(-c2ccc(-c3ccc(C45CC6CC(CC(C6)C4)C5)cc3)cc2)c1. The van der Waals surface area contributed by atoms with E-state index in [2.05, 4.69) is 34.1 Å². The fourth-order valence-corrected chi connectivity index (χ4v) is 9.03. The Bertz CT molecular complexity index is 1780. The van der Waals surface area contributed by atoms with Gasteiger partial charge in [0, 0.05) is 6.07 Å². The van der Waals surface area contributed by atoms with Crippen LogP contribution in [-0.4, -0.2) is 36.4 Å². The molecular weight excluding hydrogens is 569 g/mol. The highest BCUT2D eigenvalue weighted by Crippen LogP contribution is 2.60. The van der Waals surface area contributed by atoms with Crippen molar-refractivity contribution in [2.45, 2.75) is 48.8 Å². The van der Waals surface area contributed by atoms with Gasteiger partial charge in [0.05, 0.1) is 36.4 Å². The normalized spacial score (nSPS) is 24.2. The Morgan fingerprint density at radius 2 is 1.56 bits per heavy atom. The summed E-state index contributed by atoms with van der Waals surface area (Å²) in [5.41, 5.74) is 3.86. The maximum absolute atomic E-state index is 14.3. The maximum atomic E-state index is 14.3. The van der Waals surface area contributed by atoms with E-state index < -0.39 is 27.4 Å². The number of aromatic carboxylic acids is 1. The second-order valence-electron chi connectivity index (χ2n) is 12.4. The first-order chi connectivity index (χ1) is 20.6. The second kappa shape index (κ2) is 10.2. The molecule has 0 saturated heterocycles. The zero-order valence-electron chi connectivity index (χ0n) is 23.7. The molecule has 0 radical (unpaired) electrons. The van der Waals surface area contributed by atoms with E-state index in [4.69, 9.17) is 9.84 Å². The first-order valence-electron chi connectivity index (χ1n) is 14.5. The highest BCUT2D eigenvalue weighted by Gasteiger charge is 2.51. The number of hydrogen-bond donors (Lipinski definition) is 2. The van der Waals surface area contributed by atoms with Crippen LogP contribution in [0.15, 0.2) is 78.0 Å². The first kappa shape index (κ1) is 27.6. The lowest BCUT2D eigenvalue weighted by Gasteiger charge is -2.57. The van der Waals surface area contributed by atoms with E-state index in [0.717, 1.165) is 41.0 Å². The Morgan fingerprint density at radius 3 is 2.12 bits per heavy atom. The van der Waals surface area contributed by atoms with E-state index in [9.17, 15) is 17.6 Å². The van der Waals surface area contributed by atoms with Crippen molar-refractivity contribution in [3.8, 4) is 22.6 Å². The first-order valence-corrected chi connectivity index (χ1v) is 16.0. The van der Waals surface area contributed by atoms with Crippen LogP contribution in [0, 0.1) is 23.6 Å². The lowest BCUT2D eigenvalue weighted by molar-refractivity contribution is -0.00518. The number of halogens is 1. The molecule has 0 atom stereocenters. The van der Waals surface area contributed by atoms with Crippen LogP contribution in [0.1, 0.15) is 54.4 Å². The van der Waals surface area contributed by atoms with E-state index in [1.54, 1.807) is 0 Å². The molecule has 8 nitrogen and oxygen atoms in total. The number of benzene rings is 3. The molecule has 43 heavy (non-hydrogen) atoms. The number of rotatable bonds is 8. The number of nitrogens with zero attached hydrogens (tertiary/aromatic N) is 2. The molecule has 0 aliphatic heterocycles. The third kappa shape index (κ3) is 4.97. The predicted molar refractivity (Wildman–Crippen MR) is 160 cm³/mol. The van der Waals surface area contributed by atoms with E-state index in [-0.39, 0.29) is 16.3 Å². The summed E-state index contributed by atoms with van der Waals surface area (Å²) < 4.78 is 49.1. The largest absolute Gasteiger partial charge is 0.495 e. The van der Waals surface area contributed by atoms with Crippen LogP contribution in [0.2, 0.25) is 0 Å². The number of carboxylic acid groups (broad SMARTS) is 1. The van der Waals surface area contributed by atoms with Crippen LogP contribution in [0.5, 0.6) is 5.75 Å². The van der Waals surface area contributed by atoms with Crippen molar-refractivity contribution in [1.82, 2.24) is 9.78 Å². The highest BCUT2D eigenvalue weighted by atomic mass is 32.2. The molecule has 8 rings (SSSR count). The van der Waals surface area contributed by atoms with Crippen LogP contribution in [0.25, 0.3) is 16.8 Å². The summed E-state index contributed by atoms with van der Waals surface area (Å²) in [4.78, 5) is 11.1. The Labute approximate surface area is 249 Å². The number of hydrogen-bond acceptors (Lipinski definition) is 5. The van der Waals surface area contributed by atoms with Crippen molar-refractivity contribution in [2.24, 2.45) is 17.8 Å². The standard InChI is InChI=1S/C33H32FN3O5S/c1-42-31-13-28(32(38)39)29(34)14-30(31)36-43(40,41)27-18-35-37(19-27)26-8-4-24(5-9-26)23-2-6-25(7-3-23)33-15-20-10-21(16-33)12-22(11-20)17-33/h2-9,13-14,18-22,36H,10-12,15-17H2,1H3,(H,38,39). The highest BCUT2D eigenvalue weighted by molar-refractivity contribution is 7.92. The van der Waals surface area contributed by atoms with Gasteiger partial charge in [0.15, 0.2) is 0 Å². The van der Waals surface area contributed by atoms with Crippen LogP contribution in [-0.2, 0) is 15.4 Å². The number of methoxy groups -OCH3 is 1. The Hall–Kier alpha value is -4.18. The summed E-state index contributed by atoms with van der Waals surface area (Å²) >= 11 is 0. The van der Waals surface area contributed by atoms with Crippen molar-refractivity contribution >= 4 is 21.7 Å². The van der Waals surface area contributed by atoms with E-state index in [1.165, 1.54) is 68.3 Å². The summed E-state index contributed by atoms with van der Waals surface area (Å²) in [5, 5.41) is 13.3. The van der Waals surface area contributed by atoms with E-state index >= 15 is 0 Å². The molecule has 4 aliphatic carbocycles. The van der Waals surface area contributed by atoms with Crippen molar-refractivity contribution < 1.29 is 27.4 Å². The quantitative estimate of drug-likeness (QED) is 0.234. The van der Waals surface area contributed by atoms with Gasteiger partial charge >= 0.3 is 5.97 Å². The number of carbonyl (C=O) groups is 1. The van der Waals surface area contributed by atoms with Gasteiger partial charge in [0.25, 0.3) is 10.0 Å². The maximum Gasteiger partial charge on any atom is 0.338 e. The number of sulfonamides is 1.